The van der Waals surface area contributed by atoms with Crippen LogP contribution >= 0.6 is 0 Å². The molecule has 0 fully saturated rings. The Kier molecular flexibility index (Phi) is 5.23. The molecular formula is C14H21F2NO. The van der Waals surface area contributed by atoms with E-state index in [4.69, 9.17) is 0 Å². The molecule has 0 saturated carbocycles. The van der Waals surface area contributed by atoms with Crippen LogP contribution < -0.4 is 5.32 Å². The number of nitrogens with one attached hydrogen (secondary N) is 1. The van der Waals surface area contributed by atoms with Crippen LogP contribution in [0.3, 0.4) is 0 Å². The molecule has 1 atom stereocenters. The van der Waals surface area contributed by atoms with E-state index in [1.165, 1.54) is 13.0 Å². The van der Waals surface area contributed by atoms with Crippen molar-refractivity contribution in [3.05, 3.63) is 35.4 Å². The van der Waals surface area contributed by atoms with E-state index < -0.39 is 17.2 Å². The lowest BCUT2D eigenvalue weighted by Crippen LogP contribution is -2.31. The van der Waals surface area contributed by atoms with E-state index in [2.05, 4.69) is 19.2 Å². The van der Waals surface area contributed by atoms with Crippen molar-refractivity contribution in [2.24, 2.45) is 5.92 Å². The quantitative estimate of drug-likeness (QED) is 0.768. The zero-order valence-electron chi connectivity index (χ0n) is 11.1. The molecule has 0 saturated heterocycles. The number of halogens is 2. The monoisotopic (exact) mass is 257 g/mol. The number of rotatable bonds is 6. The fourth-order valence-electron chi connectivity index (χ4n) is 1.86. The third-order valence-corrected chi connectivity index (χ3v) is 2.84. The standard InChI is InChI=1S/C14H21F2NO/c1-10(2)9-17-8-7-14(3,18)13-11(15)5-4-6-12(13)16/h4-6,10,17-18H,7-9H2,1-3H3. The Morgan fingerprint density at radius 2 is 1.83 bits per heavy atom. The fourth-order valence-corrected chi connectivity index (χ4v) is 1.86. The molecule has 0 heterocycles. The molecule has 1 aromatic carbocycles. The molecule has 0 aliphatic carbocycles. The van der Waals surface area contributed by atoms with Gasteiger partial charge in [-0.05, 0) is 44.5 Å². The highest BCUT2D eigenvalue weighted by molar-refractivity contribution is 5.25. The number of hydrogen-bond acceptors (Lipinski definition) is 2. The summed E-state index contributed by atoms with van der Waals surface area (Å²) >= 11 is 0. The molecule has 2 N–H and O–H groups in total. The normalized spacial score (nSPS) is 14.8. The van der Waals surface area contributed by atoms with Crippen molar-refractivity contribution in [2.45, 2.75) is 32.8 Å². The fraction of sp³-hybridized carbons (Fsp3) is 0.571. The van der Waals surface area contributed by atoms with Crippen LogP contribution in [0, 0.1) is 17.6 Å². The molecule has 0 spiro atoms. The van der Waals surface area contributed by atoms with Crippen molar-refractivity contribution < 1.29 is 13.9 Å². The Morgan fingerprint density at radius 1 is 1.28 bits per heavy atom. The van der Waals surface area contributed by atoms with Crippen LogP contribution in [0.4, 0.5) is 8.78 Å². The van der Waals surface area contributed by atoms with Gasteiger partial charge in [0, 0.05) is 0 Å². The van der Waals surface area contributed by atoms with E-state index >= 15 is 0 Å². The molecule has 0 aliphatic rings. The minimum absolute atomic E-state index is 0.253. The first kappa shape index (κ1) is 15.1. The van der Waals surface area contributed by atoms with E-state index in [9.17, 15) is 13.9 Å². The maximum absolute atomic E-state index is 13.6. The Hall–Kier alpha value is -1.00. The molecule has 4 heteroatoms. The van der Waals surface area contributed by atoms with E-state index in [1.807, 2.05) is 0 Å². The third-order valence-electron chi connectivity index (χ3n) is 2.84. The predicted octanol–water partition coefficient (Wildman–Crippen LogP) is 2.81. The highest BCUT2D eigenvalue weighted by Gasteiger charge is 2.29. The van der Waals surface area contributed by atoms with Crippen molar-refractivity contribution in [3.8, 4) is 0 Å². The van der Waals surface area contributed by atoms with Gasteiger partial charge in [0.1, 0.15) is 11.6 Å². The molecule has 0 amide bonds. The molecule has 102 valence electrons. The van der Waals surface area contributed by atoms with Crippen molar-refractivity contribution in [2.75, 3.05) is 13.1 Å². The second kappa shape index (κ2) is 6.25. The molecule has 2 nitrogen and oxygen atoms in total. The van der Waals surface area contributed by atoms with Gasteiger partial charge in [0.2, 0.25) is 0 Å². The predicted molar refractivity (Wildman–Crippen MR) is 68.3 cm³/mol. The van der Waals surface area contributed by atoms with E-state index in [0.717, 1.165) is 18.7 Å². The zero-order valence-corrected chi connectivity index (χ0v) is 11.1. The molecule has 0 aromatic heterocycles. The highest BCUT2D eigenvalue weighted by Crippen LogP contribution is 2.28. The largest absolute Gasteiger partial charge is 0.385 e. The van der Waals surface area contributed by atoms with Gasteiger partial charge in [0.25, 0.3) is 0 Å². The Labute approximate surface area is 107 Å². The molecule has 0 aliphatic heterocycles. The van der Waals surface area contributed by atoms with Crippen molar-refractivity contribution >= 4 is 0 Å². The SMILES string of the molecule is CC(C)CNCCC(C)(O)c1c(F)cccc1F. The number of hydrogen-bond donors (Lipinski definition) is 2. The highest BCUT2D eigenvalue weighted by atomic mass is 19.1. The van der Waals surface area contributed by atoms with E-state index in [1.54, 1.807) is 0 Å². The van der Waals surface area contributed by atoms with Gasteiger partial charge in [-0.15, -0.1) is 0 Å². The minimum Gasteiger partial charge on any atom is -0.385 e. The lowest BCUT2D eigenvalue weighted by atomic mass is 9.91. The van der Waals surface area contributed by atoms with Crippen LogP contribution in [0.25, 0.3) is 0 Å². The molecule has 0 radical (unpaired) electrons. The second-order valence-corrected chi connectivity index (χ2v) is 5.22. The summed E-state index contributed by atoms with van der Waals surface area (Å²) in [6.45, 7) is 6.91. The Balaban J connectivity index is 2.68. The molecule has 1 rings (SSSR count). The van der Waals surface area contributed by atoms with Crippen LogP contribution in [0.1, 0.15) is 32.8 Å². The van der Waals surface area contributed by atoms with Crippen LogP contribution in [0.15, 0.2) is 18.2 Å². The third kappa shape index (κ3) is 4.03. The molecular weight excluding hydrogens is 236 g/mol. The maximum Gasteiger partial charge on any atom is 0.132 e. The van der Waals surface area contributed by atoms with Crippen LogP contribution in [-0.4, -0.2) is 18.2 Å². The average Bonchev–Trinajstić information content (AvgIpc) is 2.23. The smallest absolute Gasteiger partial charge is 0.132 e. The number of benzene rings is 1. The van der Waals surface area contributed by atoms with Crippen LogP contribution in [-0.2, 0) is 5.60 Å². The number of aliphatic hydroxyl groups is 1. The Morgan fingerprint density at radius 3 is 2.33 bits per heavy atom. The van der Waals surface area contributed by atoms with Gasteiger partial charge in [0.15, 0.2) is 0 Å². The summed E-state index contributed by atoms with van der Waals surface area (Å²) in [4.78, 5) is 0. The average molecular weight is 257 g/mol. The van der Waals surface area contributed by atoms with Gasteiger partial charge < -0.3 is 10.4 Å². The summed E-state index contributed by atoms with van der Waals surface area (Å²) in [5, 5.41) is 13.3. The van der Waals surface area contributed by atoms with Crippen molar-refractivity contribution in [1.29, 1.82) is 0 Å². The lowest BCUT2D eigenvalue weighted by Gasteiger charge is -2.25. The van der Waals surface area contributed by atoms with Gasteiger partial charge >= 0.3 is 0 Å². The first-order valence-corrected chi connectivity index (χ1v) is 6.22. The Bertz CT molecular complexity index is 371. The summed E-state index contributed by atoms with van der Waals surface area (Å²) in [7, 11) is 0. The summed E-state index contributed by atoms with van der Waals surface area (Å²) in [6.07, 6.45) is 0.261. The van der Waals surface area contributed by atoms with Crippen molar-refractivity contribution in [3.63, 3.8) is 0 Å². The summed E-state index contributed by atoms with van der Waals surface area (Å²) in [5.41, 5.74) is -1.75. The summed E-state index contributed by atoms with van der Waals surface area (Å²) < 4.78 is 27.1. The molecule has 0 bridgehead atoms. The lowest BCUT2D eigenvalue weighted by molar-refractivity contribution is 0.0403. The minimum atomic E-state index is -1.50. The zero-order chi connectivity index (χ0) is 13.8. The van der Waals surface area contributed by atoms with Gasteiger partial charge in [-0.3, -0.25) is 0 Å². The van der Waals surface area contributed by atoms with Gasteiger partial charge in [0.05, 0.1) is 11.2 Å². The van der Waals surface area contributed by atoms with Gasteiger partial charge in [-0.25, -0.2) is 8.78 Å². The maximum atomic E-state index is 13.6. The summed E-state index contributed by atoms with van der Waals surface area (Å²) in [6, 6.07) is 3.62. The van der Waals surface area contributed by atoms with E-state index in [-0.39, 0.29) is 12.0 Å². The molecule has 1 unspecified atom stereocenters. The van der Waals surface area contributed by atoms with Gasteiger partial charge in [-0.1, -0.05) is 19.9 Å². The second-order valence-electron chi connectivity index (χ2n) is 5.22. The molecule has 1 aromatic rings. The topological polar surface area (TPSA) is 32.3 Å². The van der Waals surface area contributed by atoms with E-state index in [0.29, 0.717) is 12.5 Å². The first-order chi connectivity index (χ1) is 8.34. The van der Waals surface area contributed by atoms with Crippen LogP contribution in [0.5, 0.6) is 0 Å². The van der Waals surface area contributed by atoms with Crippen molar-refractivity contribution in [1.82, 2.24) is 5.32 Å². The first-order valence-electron chi connectivity index (χ1n) is 6.22. The van der Waals surface area contributed by atoms with Gasteiger partial charge in [-0.2, -0.15) is 0 Å². The van der Waals surface area contributed by atoms with Crippen LogP contribution in [0.2, 0.25) is 0 Å². The summed E-state index contributed by atoms with van der Waals surface area (Å²) in [5.74, 6) is -0.909. The molecule has 18 heavy (non-hydrogen) atoms.